The van der Waals surface area contributed by atoms with Crippen molar-refractivity contribution in [2.24, 2.45) is 0 Å². The van der Waals surface area contributed by atoms with Gasteiger partial charge in [0.2, 0.25) is 5.78 Å². The van der Waals surface area contributed by atoms with Crippen molar-refractivity contribution in [1.29, 1.82) is 0 Å². The van der Waals surface area contributed by atoms with Crippen LogP contribution in [0.5, 0.6) is 0 Å². The highest BCUT2D eigenvalue weighted by molar-refractivity contribution is 6.23. The molecule has 10 rings (SSSR count). The van der Waals surface area contributed by atoms with Crippen LogP contribution in [0, 0.1) is 0 Å². The molecule has 0 unspecified atom stereocenters. The Morgan fingerprint density at radius 2 is 1.02 bits per heavy atom. The minimum absolute atomic E-state index is 0.632. The second-order valence-corrected chi connectivity index (χ2v) is 11.4. The van der Waals surface area contributed by atoms with E-state index in [0.717, 1.165) is 77.2 Å². The Kier molecular flexibility index (Phi) is 5.15. The first-order chi connectivity index (χ1) is 22.8. The molecule has 0 aliphatic rings. The van der Waals surface area contributed by atoms with Gasteiger partial charge >= 0.3 is 0 Å². The van der Waals surface area contributed by atoms with Gasteiger partial charge in [-0.15, -0.1) is 0 Å². The van der Waals surface area contributed by atoms with Gasteiger partial charge < -0.3 is 0 Å². The molecule has 7 nitrogen and oxygen atoms in total. The Morgan fingerprint density at radius 3 is 1.72 bits per heavy atom. The lowest BCUT2D eigenvalue weighted by Gasteiger charge is -2.11. The average Bonchev–Trinajstić information content (AvgIpc) is 3.66. The number of hydrogen-bond acceptors (Lipinski definition) is 5. The number of hydrogen-bond donors (Lipinski definition) is 0. The third-order valence-corrected chi connectivity index (χ3v) is 8.81. The fourth-order valence-corrected chi connectivity index (χ4v) is 6.71. The largest absolute Gasteiger partial charge is 0.278 e. The van der Waals surface area contributed by atoms with E-state index in [1.165, 1.54) is 0 Å². The minimum atomic E-state index is 0.632. The second-order valence-electron chi connectivity index (χ2n) is 11.4. The lowest BCUT2D eigenvalue weighted by molar-refractivity contribution is 1.11. The molecule has 0 atom stereocenters. The van der Waals surface area contributed by atoms with E-state index in [1.807, 2.05) is 60.9 Å². The highest BCUT2D eigenvalue weighted by Crippen LogP contribution is 2.35. The highest BCUT2D eigenvalue weighted by atomic mass is 15.2. The zero-order valence-electron chi connectivity index (χ0n) is 24.4. The van der Waals surface area contributed by atoms with Crippen molar-refractivity contribution < 1.29 is 0 Å². The summed E-state index contributed by atoms with van der Waals surface area (Å²) in [7, 11) is 0. The van der Waals surface area contributed by atoms with Gasteiger partial charge in [0.15, 0.2) is 11.6 Å². The molecule has 0 aliphatic heterocycles. The van der Waals surface area contributed by atoms with Crippen molar-refractivity contribution in [2.45, 2.75) is 0 Å². The fraction of sp³-hybridized carbons (Fsp3) is 0. The zero-order valence-corrected chi connectivity index (χ0v) is 24.4. The van der Waals surface area contributed by atoms with Gasteiger partial charge in [-0.1, -0.05) is 84.9 Å². The molecule has 0 saturated heterocycles. The molecule has 46 heavy (non-hydrogen) atoms. The predicted molar refractivity (Wildman–Crippen MR) is 184 cm³/mol. The summed E-state index contributed by atoms with van der Waals surface area (Å²) in [6.07, 6.45) is 3.85. The molecular formula is C39H23N7. The molecule has 4 heterocycles. The van der Waals surface area contributed by atoms with E-state index in [0.29, 0.717) is 11.6 Å². The second kappa shape index (κ2) is 9.51. The Bertz CT molecular complexity index is 2800. The first kappa shape index (κ1) is 24.9. The third kappa shape index (κ3) is 3.56. The van der Waals surface area contributed by atoms with E-state index >= 15 is 0 Å². The SMILES string of the molecule is c1ccc(-c2ncc3c4ccccc4c4cnc(-c5ccc6nc7n(-c8ccccc8)c8ccccc8n7c6c5)nc4c3n2)cc1. The van der Waals surface area contributed by atoms with Gasteiger partial charge in [-0.3, -0.25) is 8.97 Å². The summed E-state index contributed by atoms with van der Waals surface area (Å²) < 4.78 is 4.44. The van der Waals surface area contributed by atoms with E-state index in [-0.39, 0.29) is 0 Å². The monoisotopic (exact) mass is 589 g/mol. The third-order valence-electron chi connectivity index (χ3n) is 8.81. The van der Waals surface area contributed by atoms with Crippen molar-refractivity contribution >= 4 is 60.4 Å². The van der Waals surface area contributed by atoms with Gasteiger partial charge in [-0.05, 0) is 53.2 Å². The maximum absolute atomic E-state index is 5.21. The number of rotatable bonds is 3. The van der Waals surface area contributed by atoms with Crippen LogP contribution in [-0.4, -0.2) is 33.9 Å². The first-order valence-corrected chi connectivity index (χ1v) is 15.2. The zero-order chi connectivity index (χ0) is 30.2. The van der Waals surface area contributed by atoms with E-state index in [1.54, 1.807) is 0 Å². The molecule has 6 aromatic carbocycles. The summed E-state index contributed by atoms with van der Waals surface area (Å²) >= 11 is 0. The van der Waals surface area contributed by atoms with Crippen LogP contribution in [0.15, 0.2) is 140 Å². The summed E-state index contributed by atoms with van der Waals surface area (Å²) in [6, 6.07) is 43.4. The van der Waals surface area contributed by atoms with E-state index in [9.17, 15) is 0 Å². The molecule has 7 heteroatoms. The van der Waals surface area contributed by atoms with Crippen molar-refractivity contribution in [2.75, 3.05) is 0 Å². The van der Waals surface area contributed by atoms with Crippen LogP contribution in [0.2, 0.25) is 0 Å². The summed E-state index contributed by atoms with van der Waals surface area (Å²) in [6.45, 7) is 0. The maximum Gasteiger partial charge on any atom is 0.220 e. The normalized spacial score (nSPS) is 11.9. The van der Waals surface area contributed by atoms with Crippen LogP contribution < -0.4 is 0 Å². The molecule has 214 valence electrons. The van der Waals surface area contributed by atoms with Crippen molar-refractivity contribution in [3.8, 4) is 28.5 Å². The first-order valence-electron chi connectivity index (χ1n) is 15.2. The van der Waals surface area contributed by atoms with Crippen LogP contribution in [0.4, 0.5) is 0 Å². The lowest BCUT2D eigenvalue weighted by atomic mass is 10.0. The van der Waals surface area contributed by atoms with Crippen molar-refractivity contribution in [3.63, 3.8) is 0 Å². The molecule has 0 N–H and O–H groups in total. The molecule has 0 spiro atoms. The van der Waals surface area contributed by atoms with Crippen LogP contribution in [0.3, 0.4) is 0 Å². The maximum atomic E-state index is 5.21. The number of aromatic nitrogens is 7. The predicted octanol–water partition coefficient (Wildman–Crippen LogP) is 8.80. The smallest absolute Gasteiger partial charge is 0.220 e. The van der Waals surface area contributed by atoms with Crippen LogP contribution >= 0.6 is 0 Å². The van der Waals surface area contributed by atoms with Crippen LogP contribution in [0.25, 0.3) is 88.9 Å². The van der Waals surface area contributed by atoms with E-state index in [2.05, 4.69) is 87.8 Å². The standard InChI is InChI=1S/C39H23N7/c1-3-11-24(12-4-1)37-40-22-29-27-15-7-8-16-28(27)30-23-41-38(44-36(30)35(29)43-37)25-19-20-31-34(21-25)46-33-18-10-9-17-32(33)45(39(46)42-31)26-13-5-2-6-14-26/h1-23H. The summed E-state index contributed by atoms with van der Waals surface area (Å²) in [5, 5.41) is 4.09. The average molecular weight is 590 g/mol. The number of para-hydroxylation sites is 3. The van der Waals surface area contributed by atoms with E-state index in [4.69, 9.17) is 24.9 Å². The molecule has 4 aromatic heterocycles. The minimum Gasteiger partial charge on any atom is -0.278 e. The summed E-state index contributed by atoms with van der Waals surface area (Å²) in [5.74, 6) is 2.16. The molecule has 0 saturated carbocycles. The Hall–Kier alpha value is -6.47. The van der Waals surface area contributed by atoms with Gasteiger partial charge in [-0.25, -0.2) is 24.9 Å². The van der Waals surface area contributed by atoms with Crippen molar-refractivity contribution in [1.82, 2.24) is 33.9 Å². The van der Waals surface area contributed by atoms with Crippen molar-refractivity contribution in [3.05, 3.63) is 140 Å². The molecule has 0 aliphatic carbocycles. The Labute approximate surface area is 262 Å². The molecule has 0 fully saturated rings. The van der Waals surface area contributed by atoms with Gasteiger partial charge in [0.1, 0.15) is 11.0 Å². The number of nitrogens with zero attached hydrogens (tertiary/aromatic N) is 7. The summed E-state index contributed by atoms with van der Waals surface area (Å²) in [4.78, 5) is 25.1. The molecule has 0 amide bonds. The molecule has 0 bridgehead atoms. The lowest BCUT2D eigenvalue weighted by Crippen LogP contribution is -1.96. The number of fused-ring (bicyclic) bond motifs is 11. The fourth-order valence-electron chi connectivity index (χ4n) is 6.71. The number of benzene rings is 6. The van der Waals surface area contributed by atoms with Gasteiger partial charge in [0, 0.05) is 40.0 Å². The highest BCUT2D eigenvalue weighted by Gasteiger charge is 2.19. The summed E-state index contributed by atoms with van der Waals surface area (Å²) in [5.41, 5.74) is 8.64. The Balaban J connectivity index is 1.23. The van der Waals surface area contributed by atoms with Gasteiger partial charge in [0.05, 0.1) is 22.1 Å². The number of imidazole rings is 2. The van der Waals surface area contributed by atoms with E-state index < -0.39 is 0 Å². The van der Waals surface area contributed by atoms with Crippen LogP contribution in [-0.2, 0) is 0 Å². The van der Waals surface area contributed by atoms with Gasteiger partial charge in [-0.2, -0.15) is 0 Å². The van der Waals surface area contributed by atoms with Crippen LogP contribution in [0.1, 0.15) is 0 Å². The Morgan fingerprint density at radius 1 is 0.435 bits per heavy atom. The molecule has 10 aromatic rings. The molecular weight excluding hydrogens is 566 g/mol. The van der Waals surface area contributed by atoms with Gasteiger partial charge in [0.25, 0.3) is 0 Å². The molecule has 0 radical (unpaired) electrons. The quantitative estimate of drug-likeness (QED) is 0.193. The topological polar surface area (TPSA) is 73.8 Å².